The molecular formula is C21H11Cl2F2NO3S. The van der Waals surface area contributed by atoms with Crippen LogP contribution >= 0.6 is 34.5 Å². The molecule has 9 heteroatoms. The van der Waals surface area contributed by atoms with Gasteiger partial charge in [-0.05, 0) is 41.8 Å². The van der Waals surface area contributed by atoms with E-state index in [0.29, 0.717) is 4.88 Å². The zero-order valence-corrected chi connectivity index (χ0v) is 17.2. The first kappa shape index (κ1) is 20.5. The zero-order chi connectivity index (χ0) is 21.6. The Balaban J connectivity index is 1.93. The van der Waals surface area contributed by atoms with Crippen LogP contribution in [0.4, 0.5) is 14.5 Å². The zero-order valence-electron chi connectivity index (χ0n) is 14.9. The minimum atomic E-state index is -1.16. The van der Waals surface area contributed by atoms with Crippen LogP contribution in [0.2, 0.25) is 10.0 Å². The van der Waals surface area contributed by atoms with Gasteiger partial charge in [-0.15, -0.1) is 11.3 Å². The van der Waals surface area contributed by atoms with Crippen LogP contribution in [0.1, 0.15) is 16.5 Å². The smallest absolute Gasteiger partial charge is 0.300 e. The number of aliphatic hydroxyl groups is 1. The molecule has 0 aliphatic carbocycles. The van der Waals surface area contributed by atoms with Gasteiger partial charge in [0.05, 0.1) is 15.6 Å². The Bertz CT molecular complexity index is 1210. The lowest BCUT2D eigenvalue weighted by atomic mass is 9.99. The van der Waals surface area contributed by atoms with Crippen molar-refractivity contribution in [3.8, 4) is 0 Å². The molecule has 1 amide bonds. The second-order valence-corrected chi connectivity index (χ2v) is 8.21. The van der Waals surface area contributed by atoms with Gasteiger partial charge in [-0.2, -0.15) is 0 Å². The molecule has 2 heterocycles. The fourth-order valence-corrected chi connectivity index (χ4v) is 4.37. The van der Waals surface area contributed by atoms with E-state index in [0.717, 1.165) is 17.0 Å². The molecule has 0 radical (unpaired) electrons. The van der Waals surface area contributed by atoms with E-state index in [1.165, 1.54) is 35.6 Å². The van der Waals surface area contributed by atoms with Crippen LogP contribution in [-0.4, -0.2) is 16.8 Å². The first-order valence-electron chi connectivity index (χ1n) is 8.54. The molecule has 1 unspecified atom stereocenters. The molecular weight excluding hydrogens is 455 g/mol. The number of nitrogens with zero attached hydrogens (tertiary/aromatic N) is 1. The topological polar surface area (TPSA) is 57.6 Å². The lowest BCUT2D eigenvalue weighted by molar-refractivity contribution is -0.132. The summed E-state index contributed by atoms with van der Waals surface area (Å²) < 4.78 is 27.3. The van der Waals surface area contributed by atoms with Crippen molar-refractivity contribution in [2.75, 3.05) is 4.90 Å². The highest BCUT2D eigenvalue weighted by molar-refractivity contribution is 7.10. The van der Waals surface area contributed by atoms with E-state index in [-0.39, 0.29) is 26.9 Å². The number of anilines is 1. The molecule has 0 saturated carbocycles. The number of thiophene rings is 1. The summed E-state index contributed by atoms with van der Waals surface area (Å²) in [5.74, 6) is -4.62. The van der Waals surface area contributed by atoms with E-state index in [2.05, 4.69) is 0 Å². The third-order valence-corrected chi connectivity index (χ3v) is 6.30. The quantitative estimate of drug-likeness (QED) is 0.295. The summed E-state index contributed by atoms with van der Waals surface area (Å²) in [7, 11) is 0. The summed E-state index contributed by atoms with van der Waals surface area (Å²) in [4.78, 5) is 27.3. The number of amides is 1. The standard InChI is InChI=1S/C21H11Cl2F2NO3S/c22-12-5-3-10(8-13(12)23)19(27)17-18(16-2-1-7-30-16)26(21(29)20(17)28)11-4-6-14(24)15(25)9-11/h1-9,18,27H/b19-17-. The summed E-state index contributed by atoms with van der Waals surface area (Å²) in [6, 6.07) is 9.54. The molecule has 152 valence electrons. The van der Waals surface area contributed by atoms with E-state index in [1.807, 2.05) is 0 Å². The summed E-state index contributed by atoms with van der Waals surface area (Å²) in [6.07, 6.45) is 0. The van der Waals surface area contributed by atoms with Crippen LogP contribution in [0.5, 0.6) is 0 Å². The SMILES string of the molecule is O=C1C(=O)N(c2ccc(F)c(F)c2)C(c2cccs2)/C1=C(/O)c1ccc(Cl)c(Cl)c1. The van der Waals surface area contributed by atoms with Gasteiger partial charge in [-0.3, -0.25) is 14.5 Å². The molecule has 1 atom stereocenters. The minimum absolute atomic E-state index is 0.0115. The first-order valence-corrected chi connectivity index (χ1v) is 10.2. The number of ketones is 1. The van der Waals surface area contributed by atoms with Crippen molar-refractivity contribution in [2.45, 2.75) is 6.04 Å². The predicted octanol–water partition coefficient (Wildman–Crippen LogP) is 5.96. The number of aliphatic hydroxyl groups excluding tert-OH is 1. The van der Waals surface area contributed by atoms with Crippen molar-refractivity contribution in [1.29, 1.82) is 0 Å². The van der Waals surface area contributed by atoms with Gasteiger partial charge >= 0.3 is 0 Å². The van der Waals surface area contributed by atoms with Crippen molar-refractivity contribution in [3.05, 3.63) is 91.6 Å². The van der Waals surface area contributed by atoms with Crippen molar-refractivity contribution in [2.24, 2.45) is 0 Å². The lowest BCUT2D eigenvalue weighted by Gasteiger charge is -2.24. The average molecular weight is 466 g/mol. The normalized spacial score (nSPS) is 18.3. The van der Waals surface area contributed by atoms with Gasteiger partial charge in [0.25, 0.3) is 11.7 Å². The number of rotatable bonds is 3. The van der Waals surface area contributed by atoms with Crippen LogP contribution in [-0.2, 0) is 9.59 Å². The summed E-state index contributed by atoms with van der Waals surface area (Å²) in [5.41, 5.74) is -0.0117. The number of carbonyl (C=O) groups excluding carboxylic acids is 2. The highest BCUT2D eigenvalue weighted by Gasteiger charge is 2.47. The highest BCUT2D eigenvalue weighted by atomic mass is 35.5. The predicted molar refractivity (Wildman–Crippen MR) is 112 cm³/mol. The number of Topliss-reactive ketones (excluding diaryl/α,β-unsaturated/α-hetero) is 1. The molecule has 30 heavy (non-hydrogen) atoms. The molecule has 1 saturated heterocycles. The van der Waals surface area contributed by atoms with Gasteiger partial charge in [-0.1, -0.05) is 29.3 Å². The molecule has 4 nitrogen and oxygen atoms in total. The number of halogens is 4. The minimum Gasteiger partial charge on any atom is -0.507 e. The number of hydrogen-bond acceptors (Lipinski definition) is 4. The van der Waals surface area contributed by atoms with Crippen LogP contribution in [0, 0.1) is 11.6 Å². The van der Waals surface area contributed by atoms with Gasteiger partial charge in [0.15, 0.2) is 11.6 Å². The Morgan fingerprint density at radius 3 is 2.40 bits per heavy atom. The second-order valence-electron chi connectivity index (χ2n) is 6.41. The third kappa shape index (κ3) is 3.39. The van der Waals surface area contributed by atoms with Crippen LogP contribution in [0.15, 0.2) is 59.5 Å². The van der Waals surface area contributed by atoms with Gasteiger partial charge < -0.3 is 5.11 Å². The maximum Gasteiger partial charge on any atom is 0.300 e. The molecule has 1 N–H and O–H groups in total. The van der Waals surface area contributed by atoms with E-state index in [9.17, 15) is 23.5 Å². The molecule has 1 aliphatic rings. The highest BCUT2D eigenvalue weighted by Crippen LogP contribution is 2.44. The monoisotopic (exact) mass is 465 g/mol. The van der Waals surface area contributed by atoms with Gasteiger partial charge in [0.2, 0.25) is 0 Å². The molecule has 2 aromatic carbocycles. The van der Waals surface area contributed by atoms with Crippen LogP contribution < -0.4 is 4.90 Å². The van der Waals surface area contributed by atoms with Crippen LogP contribution in [0.25, 0.3) is 5.76 Å². The molecule has 1 aliphatic heterocycles. The maximum atomic E-state index is 13.8. The third-order valence-electron chi connectivity index (χ3n) is 4.63. The molecule has 0 bridgehead atoms. The summed E-state index contributed by atoms with van der Waals surface area (Å²) in [6.45, 7) is 0. The Morgan fingerprint density at radius 2 is 1.77 bits per heavy atom. The molecule has 4 rings (SSSR count). The van der Waals surface area contributed by atoms with E-state index < -0.39 is 35.1 Å². The van der Waals surface area contributed by atoms with Crippen molar-refractivity contribution >= 4 is 57.7 Å². The van der Waals surface area contributed by atoms with Gasteiger partial charge in [0.1, 0.15) is 11.8 Å². The van der Waals surface area contributed by atoms with Crippen LogP contribution in [0.3, 0.4) is 0 Å². The number of benzene rings is 2. The maximum absolute atomic E-state index is 13.8. The fourth-order valence-electron chi connectivity index (χ4n) is 3.25. The molecule has 0 spiro atoms. The molecule has 3 aromatic rings. The summed E-state index contributed by atoms with van der Waals surface area (Å²) in [5, 5.41) is 13.1. The van der Waals surface area contributed by atoms with Gasteiger partial charge in [0, 0.05) is 22.2 Å². The van der Waals surface area contributed by atoms with E-state index >= 15 is 0 Å². The Kier molecular flexibility index (Phi) is 5.36. The van der Waals surface area contributed by atoms with Crippen molar-refractivity contribution in [3.63, 3.8) is 0 Å². The Morgan fingerprint density at radius 1 is 1.00 bits per heavy atom. The lowest BCUT2D eigenvalue weighted by Crippen LogP contribution is -2.29. The first-order chi connectivity index (χ1) is 14.3. The second kappa shape index (κ2) is 7.83. The van der Waals surface area contributed by atoms with E-state index in [1.54, 1.807) is 17.5 Å². The fraction of sp³-hybridized carbons (Fsp3) is 0.0476. The van der Waals surface area contributed by atoms with Gasteiger partial charge in [-0.25, -0.2) is 8.78 Å². The average Bonchev–Trinajstić information content (AvgIpc) is 3.33. The number of hydrogen-bond donors (Lipinski definition) is 1. The Labute approximate surface area is 183 Å². The van der Waals surface area contributed by atoms with Crippen molar-refractivity contribution in [1.82, 2.24) is 0 Å². The van der Waals surface area contributed by atoms with Crippen molar-refractivity contribution < 1.29 is 23.5 Å². The van der Waals surface area contributed by atoms with E-state index in [4.69, 9.17) is 23.2 Å². The largest absolute Gasteiger partial charge is 0.507 e. The number of carbonyl (C=O) groups is 2. The molecule has 1 fully saturated rings. The molecule has 1 aromatic heterocycles. The summed E-state index contributed by atoms with van der Waals surface area (Å²) >= 11 is 13.2. The Hall–Kier alpha value is -2.74.